The molecule has 18 nitrogen and oxygen atoms in total. The molecule has 3 amide bonds. The van der Waals surface area contributed by atoms with Crippen molar-refractivity contribution in [1.82, 2.24) is 49.7 Å². The first-order chi connectivity index (χ1) is 36.4. The van der Waals surface area contributed by atoms with E-state index in [9.17, 15) is 29.4 Å². The van der Waals surface area contributed by atoms with Gasteiger partial charge in [0.25, 0.3) is 5.56 Å². The number of anilines is 3. The number of unbranched alkanes of at least 4 members (excludes halogenated alkanes) is 5. The van der Waals surface area contributed by atoms with Gasteiger partial charge >= 0.3 is 0 Å². The molecule has 2 saturated heterocycles. The monoisotopic (exact) mass is 1050 g/mol. The summed E-state index contributed by atoms with van der Waals surface area (Å²) >= 11 is 1.59. The summed E-state index contributed by atoms with van der Waals surface area (Å²) in [6.45, 7) is 20.3. The number of pyridine rings is 1. The highest BCUT2D eigenvalue weighted by Gasteiger charge is 2.44. The summed E-state index contributed by atoms with van der Waals surface area (Å²) in [7, 11) is 0. The summed E-state index contributed by atoms with van der Waals surface area (Å²) in [4.78, 5) is 80.0. The van der Waals surface area contributed by atoms with Crippen LogP contribution in [0.15, 0.2) is 95.9 Å². The van der Waals surface area contributed by atoms with E-state index >= 15 is 0 Å². The Morgan fingerprint density at radius 1 is 0.895 bits per heavy atom. The fourth-order valence-corrected chi connectivity index (χ4v) is 10.8. The van der Waals surface area contributed by atoms with Crippen molar-refractivity contribution in [2.24, 2.45) is 5.41 Å². The second-order valence-electron chi connectivity index (χ2n) is 21.7. The zero-order valence-electron chi connectivity index (χ0n) is 44.8. The number of thiazole rings is 1. The van der Waals surface area contributed by atoms with Crippen molar-refractivity contribution in [2.75, 3.05) is 49.5 Å². The van der Waals surface area contributed by atoms with Gasteiger partial charge in [-0.3, -0.25) is 24.1 Å². The molecule has 8 rings (SSSR count). The number of aliphatic hydroxyl groups excluding tert-OH is 1. The van der Waals surface area contributed by atoms with Crippen LogP contribution in [-0.4, -0.2) is 124 Å². The third-order valence-corrected chi connectivity index (χ3v) is 15.2. The molecule has 76 heavy (non-hydrogen) atoms. The van der Waals surface area contributed by atoms with E-state index in [0.29, 0.717) is 34.9 Å². The van der Waals surface area contributed by atoms with E-state index in [4.69, 9.17) is 4.98 Å². The van der Waals surface area contributed by atoms with E-state index in [2.05, 4.69) is 59.4 Å². The lowest BCUT2D eigenvalue weighted by atomic mass is 9.85. The van der Waals surface area contributed by atoms with Crippen molar-refractivity contribution in [3.63, 3.8) is 0 Å². The number of likely N-dealkylation sites (tertiary alicyclic amines) is 1. The Balaban J connectivity index is 0.726. The summed E-state index contributed by atoms with van der Waals surface area (Å²) in [5.74, 6) is -0.0965. The number of benzene rings is 2. The van der Waals surface area contributed by atoms with E-state index in [1.807, 2.05) is 69.6 Å². The van der Waals surface area contributed by atoms with Crippen LogP contribution in [0.25, 0.3) is 27.3 Å². The van der Waals surface area contributed by atoms with Gasteiger partial charge in [-0.1, -0.05) is 82.9 Å². The Morgan fingerprint density at radius 2 is 1.61 bits per heavy atom. The number of rotatable bonds is 22. The minimum atomic E-state index is -1.18. The lowest BCUT2D eigenvalue weighted by Gasteiger charge is -2.36. The zero-order valence-corrected chi connectivity index (χ0v) is 45.6. The number of carbonyl (C=O) groups excluding carboxylic acids is 3. The van der Waals surface area contributed by atoms with Gasteiger partial charge in [-0.25, -0.2) is 24.3 Å². The minimum Gasteiger partial charge on any atom is -0.391 e. The van der Waals surface area contributed by atoms with E-state index in [-0.39, 0.29) is 49.3 Å². The molecule has 0 radical (unpaired) electrons. The second kappa shape index (κ2) is 24.5. The predicted octanol–water partition coefficient (Wildman–Crippen LogP) is 7.23. The second-order valence-corrected chi connectivity index (χ2v) is 22.5. The van der Waals surface area contributed by atoms with Crippen LogP contribution in [0, 0.1) is 12.3 Å². The van der Waals surface area contributed by atoms with Gasteiger partial charge in [0.15, 0.2) is 11.5 Å². The zero-order chi connectivity index (χ0) is 54.1. The van der Waals surface area contributed by atoms with Crippen molar-refractivity contribution < 1.29 is 24.6 Å². The van der Waals surface area contributed by atoms with Crippen molar-refractivity contribution in [3.8, 4) is 16.3 Å². The number of hydrogen-bond acceptors (Lipinski definition) is 14. The summed E-state index contributed by atoms with van der Waals surface area (Å²) in [6.07, 6.45) is 8.81. The number of hydrogen-bond donors (Lipinski definition) is 5. The Kier molecular flexibility index (Phi) is 17.8. The number of amides is 3. The standard InChI is InChI=1S/C57H74N12O6S/c1-8-27-68-53(73)44-35-59-55(64-51(44)69(68)47-17-15-16-46(62-47)57(6,7)75)61-41-23-25-42(26-24-41)66-31-29-65(30-32-66)28-14-12-10-9-11-13-18-48(71)63-50(56(3,4)5)54(74)67-36-43(70)33-45(67)52(72)58-34-39-19-21-40(22-20-39)49-38(2)60-37-76-49/h8,15-17,19-26,35,37,43,45,50,70,75H,1,9-14,18,27-34,36H2,2-7H3,(H,58,72)(H,63,71)(H,59,61,64)/t43-,45+,50-/m1/s1. The summed E-state index contributed by atoms with van der Waals surface area (Å²) in [6, 6.07) is 19.8. The van der Waals surface area contributed by atoms with Crippen LogP contribution in [0.1, 0.15) is 103 Å². The smallest absolute Gasteiger partial charge is 0.278 e. The number of aryl methyl sites for hydroxylation is 1. The molecule has 0 spiro atoms. The van der Waals surface area contributed by atoms with Gasteiger partial charge in [0.1, 0.15) is 23.1 Å². The average molecular weight is 1060 g/mol. The maximum absolute atomic E-state index is 14.1. The topological polar surface area (TPSA) is 216 Å². The highest BCUT2D eigenvalue weighted by atomic mass is 32.1. The SMILES string of the molecule is C=CCn1c(=O)c2cnc(Nc3ccc(N4CCN(CCCCCCCCC(=O)N[C@H](C(=O)N5C[C@H](O)C[C@H]5C(=O)NCc5ccc(-c6scnc6C)cc5)C(C)(C)C)CC4)cc3)nc2n1-c1cccc(C(C)(C)O)n1. The Morgan fingerprint density at radius 3 is 2.28 bits per heavy atom. The maximum Gasteiger partial charge on any atom is 0.278 e. The number of nitrogens with zero attached hydrogens (tertiary/aromatic N) is 9. The molecule has 19 heteroatoms. The van der Waals surface area contributed by atoms with Crippen molar-refractivity contribution in [3.05, 3.63) is 118 Å². The third-order valence-electron chi connectivity index (χ3n) is 14.3. The lowest BCUT2D eigenvalue weighted by Crippen LogP contribution is -2.57. The number of allylic oxidation sites excluding steroid dienone is 1. The number of nitrogens with one attached hydrogen (secondary N) is 3. The van der Waals surface area contributed by atoms with E-state index in [1.165, 1.54) is 15.8 Å². The van der Waals surface area contributed by atoms with Crippen molar-refractivity contribution in [2.45, 2.75) is 130 Å². The largest absolute Gasteiger partial charge is 0.391 e. The first-order valence-electron chi connectivity index (χ1n) is 26.6. The number of aromatic nitrogens is 6. The molecule has 0 saturated carbocycles. The molecule has 5 N–H and O–H groups in total. The first-order valence-corrected chi connectivity index (χ1v) is 27.4. The lowest BCUT2D eigenvalue weighted by molar-refractivity contribution is -0.144. The van der Waals surface area contributed by atoms with Crippen molar-refractivity contribution in [1.29, 1.82) is 0 Å². The van der Waals surface area contributed by atoms with Crippen LogP contribution in [-0.2, 0) is 33.1 Å². The molecule has 2 aliphatic rings. The summed E-state index contributed by atoms with van der Waals surface area (Å²) in [5.41, 5.74) is 5.51. The van der Waals surface area contributed by atoms with Gasteiger partial charge in [0.05, 0.1) is 34.4 Å². The molecule has 2 aromatic carbocycles. The average Bonchev–Trinajstić information content (AvgIpc) is 4.18. The highest BCUT2D eigenvalue weighted by molar-refractivity contribution is 7.13. The first kappa shape index (κ1) is 55.4. The number of carbonyl (C=O) groups is 3. The van der Waals surface area contributed by atoms with Crippen LogP contribution >= 0.6 is 11.3 Å². The highest BCUT2D eigenvalue weighted by Crippen LogP contribution is 2.30. The molecule has 6 heterocycles. The molecule has 2 fully saturated rings. The fraction of sp³-hybridized carbons (Fsp3) is 0.474. The van der Waals surface area contributed by atoms with E-state index < -0.39 is 29.2 Å². The molecule has 404 valence electrons. The summed E-state index contributed by atoms with van der Waals surface area (Å²) < 4.78 is 3.15. The molecular formula is C57H74N12O6S. The number of fused-ring (bicyclic) bond motifs is 1. The van der Waals surface area contributed by atoms with Gasteiger partial charge in [-0.15, -0.1) is 17.9 Å². The third kappa shape index (κ3) is 13.6. The number of piperazine rings is 1. The van der Waals surface area contributed by atoms with Crippen LogP contribution in [0.4, 0.5) is 17.3 Å². The fourth-order valence-electron chi connectivity index (χ4n) is 9.95. The van der Waals surface area contributed by atoms with Crippen LogP contribution in [0.5, 0.6) is 0 Å². The van der Waals surface area contributed by atoms with Crippen LogP contribution < -0.4 is 26.4 Å². The molecule has 3 atom stereocenters. The predicted molar refractivity (Wildman–Crippen MR) is 299 cm³/mol. The van der Waals surface area contributed by atoms with E-state index in [1.54, 1.807) is 54.1 Å². The number of aliphatic hydroxyl groups is 2. The molecule has 2 aliphatic heterocycles. The van der Waals surface area contributed by atoms with E-state index in [0.717, 1.165) is 104 Å². The Bertz CT molecular complexity index is 3020. The Hall–Kier alpha value is -6.80. The molecule has 6 aromatic rings. The molecule has 0 aliphatic carbocycles. The minimum absolute atomic E-state index is 0.0350. The quantitative estimate of drug-likeness (QED) is 0.0336. The van der Waals surface area contributed by atoms with Gasteiger partial charge in [-0.05, 0) is 93.1 Å². The normalized spacial score (nSPS) is 16.7. The van der Waals surface area contributed by atoms with Crippen LogP contribution in [0.3, 0.4) is 0 Å². The van der Waals surface area contributed by atoms with Crippen molar-refractivity contribution >= 4 is 57.4 Å². The van der Waals surface area contributed by atoms with Gasteiger partial charge in [0, 0.05) is 69.7 Å². The number of β-amino-alcohol motifs (C(OH)–C–C–N with tert-alkyl or cyclic N) is 1. The molecule has 0 bridgehead atoms. The van der Waals surface area contributed by atoms with Gasteiger partial charge in [-0.2, -0.15) is 4.98 Å². The summed E-state index contributed by atoms with van der Waals surface area (Å²) in [5, 5.41) is 30.9. The molecular weight excluding hydrogens is 981 g/mol. The van der Waals surface area contributed by atoms with Gasteiger partial charge < -0.3 is 36.0 Å². The van der Waals surface area contributed by atoms with Crippen LogP contribution in [0.2, 0.25) is 0 Å². The molecule has 4 aromatic heterocycles. The molecule has 0 unspecified atom stereocenters. The Labute approximate surface area is 449 Å². The maximum atomic E-state index is 14.1. The van der Waals surface area contributed by atoms with Gasteiger partial charge in [0.2, 0.25) is 23.7 Å².